The Balaban J connectivity index is 2.32. The van der Waals surface area contributed by atoms with Crippen molar-refractivity contribution in [2.45, 2.75) is 6.54 Å². The van der Waals surface area contributed by atoms with Crippen LogP contribution in [0.1, 0.15) is 5.56 Å². The number of carbonyl (C=O) groups is 1. The van der Waals surface area contributed by atoms with Gasteiger partial charge in [-0.15, -0.1) is 5.10 Å². The summed E-state index contributed by atoms with van der Waals surface area (Å²) in [4.78, 5) is 13.5. The number of amidine groups is 1. The first-order valence-electron chi connectivity index (χ1n) is 5.35. The fourth-order valence-corrected chi connectivity index (χ4v) is 2.48. The largest absolute Gasteiger partial charge is 0.280 e. The highest BCUT2D eigenvalue weighted by Crippen LogP contribution is 2.23. The molecule has 0 bridgehead atoms. The van der Waals surface area contributed by atoms with Crippen molar-refractivity contribution in [1.82, 2.24) is 10.3 Å². The normalized spacial score (nSPS) is 15.3. The molecule has 0 atom stereocenters. The average molecular weight is 344 g/mol. The molecule has 0 spiro atoms. The van der Waals surface area contributed by atoms with Crippen molar-refractivity contribution in [2.75, 3.05) is 6.26 Å². The molecule has 1 aliphatic rings. The minimum Gasteiger partial charge on any atom is -0.280 e. The summed E-state index contributed by atoms with van der Waals surface area (Å²) in [6, 6.07) is 4.36. The summed E-state index contributed by atoms with van der Waals surface area (Å²) in [5, 5.41) is 4.56. The van der Waals surface area contributed by atoms with Gasteiger partial charge in [0.15, 0.2) is 5.17 Å². The minimum absolute atomic E-state index is 0.199. The number of benzene rings is 1. The second kappa shape index (κ2) is 5.75. The summed E-state index contributed by atoms with van der Waals surface area (Å²) >= 11 is 4.68. The number of hydrogen-bond donors (Lipinski definition) is 1. The Hall–Kier alpha value is -1.34. The Labute approximate surface area is 122 Å². The van der Waals surface area contributed by atoms with E-state index >= 15 is 0 Å². The first kappa shape index (κ1) is 14.1. The second-order valence-electron chi connectivity index (χ2n) is 3.82. The van der Waals surface area contributed by atoms with Gasteiger partial charge in [-0.3, -0.25) is 15.1 Å². The van der Waals surface area contributed by atoms with Crippen molar-refractivity contribution in [3.63, 3.8) is 0 Å². The van der Waals surface area contributed by atoms with E-state index in [9.17, 15) is 9.18 Å². The van der Waals surface area contributed by atoms with E-state index in [0.29, 0.717) is 10.7 Å². The number of thioether (sulfide) groups is 1. The number of halogens is 2. The summed E-state index contributed by atoms with van der Waals surface area (Å²) in [7, 11) is 0. The maximum Gasteiger partial charge on any atom is 0.277 e. The highest BCUT2D eigenvalue weighted by molar-refractivity contribution is 9.10. The number of rotatable bonds is 2. The molecule has 1 N–H and O–H groups in total. The van der Waals surface area contributed by atoms with Gasteiger partial charge in [0.1, 0.15) is 11.5 Å². The van der Waals surface area contributed by atoms with Crippen molar-refractivity contribution in [1.29, 1.82) is 0 Å². The Morgan fingerprint density at radius 3 is 3.00 bits per heavy atom. The van der Waals surface area contributed by atoms with Gasteiger partial charge in [-0.25, -0.2) is 4.39 Å². The molecule has 1 aromatic rings. The van der Waals surface area contributed by atoms with Gasteiger partial charge in [0.05, 0.1) is 6.54 Å². The molecule has 1 aromatic carbocycles. The smallest absolute Gasteiger partial charge is 0.277 e. The number of nitrogens with one attached hydrogen (secondary N) is 1. The molecule has 0 saturated carbocycles. The molecule has 0 saturated heterocycles. The third-order valence-corrected chi connectivity index (χ3v) is 3.99. The van der Waals surface area contributed by atoms with Gasteiger partial charge in [-0.1, -0.05) is 34.3 Å². The molecule has 0 fully saturated rings. The topological polar surface area (TPSA) is 44.7 Å². The van der Waals surface area contributed by atoms with Crippen LogP contribution in [-0.2, 0) is 11.3 Å². The molecule has 1 heterocycles. The number of amides is 1. The summed E-state index contributed by atoms with van der Waals surface area (Å²) in [6.07, 6.45) is 1.81. The van der Waals surface area contributed by atoms with Crippen LogP contribution in [0.25, 0.3) is 0 Å². The van der Waals surface area contributed by atoms with E-state index in [2.05, 4.69) is 33.0 Å². The van der Waals surface area contributed by atoms with Gasteiger partial charge in [0, 0.05) is 4.47 Å². The zero-order valence-electron chi connectivity index (χ0n) is 10.1. The van der Waals surface area contributed by atoms with Crippen molar-refractivity contribution in [3.05, 3.63) is 46.3 Å². The monoisotopic (exact) mass is 343 g/mol. The van der Waals surface area contributed by atoms with Crippen LogP contribution in [0.4, 0.5) is 4.39 Å². The molecule has 2 rings (SSSR count). The molecule has 0 aromatic heterocycles. The molecule has 0 unspecified atom stereocenters. The number of hydrogen-bond acceptors (Lipinski definition) is 4. The van der Waals surface area contributed by atoms with Gasteiger partial charge < -0.3 is 0 Å². The van der Waals surface area contributed by atoms with Crippen molar-refractivity contribution < 1.29 is 9.18 Å². The van der Waals surface area contributed by atoms with E-state index < -0.39 is 0 Å². The van der Waals surface area contributed by atoms with Crippen LogP contribution < -0.4 is 5.43 Å². The summed E-state index contributed by atoms with van der Waals surface area (Å²) in [5.41, 5.74) is 3.44. The third kappa shape index (κ3) is 2.98. The quantitative estimate of drug-likeness (QED) is 0.839. The summed E-state index contributed by atoms with van der Waals surface area (Å²) in [6.45, 7) is 3.83. The van der Waals surface area contributed by atoms with Crippen LogP contribution in [0.15, 0.2) is 40.0 Å². The molecule has 100 valence electrons. The van der Waals surface area contributed by atoms with E-state index in [1.165, 1.54) is 28.8 Å². The lowest BCUT2D eigenvalue weighted by Crippen LogP contribution is -2.42. The van der Waals surface area contributed by atoms with Crippen LogP contribution in [0.2, 0.25) is 0 Å². The molecule has 7 heteroatoms. The molecule has 1 aliphatic heterocycles. The molecule has 4 nitrogen and oxygen atoms in total. The SMILES string of the molecule is C=C1NN=C(SC)N(Cc2cc(F)ccc2Br)C1=O. The highest BCUT2D eigenvalue weighted by Gasteiger charge is 2.26. The van der Waals surface area contributed by atoms with Gasteiger partial charge in [0.25, 0.3) is 5.91 Å². The summed E-state index contributed by atoms with van der Waals surface area (Å²) < 4.78 is 14.0. The first-order valence-corrected chi connectivity index (χ1v) is 7.37. The van der Waals surface area contributed by atoms with Crippen LogP contribution in [0.3, 0.4) is 0 Å². The van der Waals surface area contributed by atoms with E-state index in [0.717, 1.165) is 4.47 Å². The number of nitrogens with zero attached hydrogens (tertiary/aromatic N) is 2. The van der Waals surface area contributed by atoms with E-state index in [4.69, 9.17) is 0 Å². The zero-order valence-corrected chi connectivity index (χ0v) is 12.5. The van der Waals surface area contributed by atoms with E-state index in [1.807, 2.05) is 6.26 Å². The zero-order chi connectivity index (χ0) is 14.0. The number of carbonyl (C=O) groups excluding carboxylic acids is 1. The molecule has 0 radical (unpaired) electrons. The van der Waals surface area contributed by atoms with Crippen molar-refractivity contribution in [2.24, 2.45) is 5.10 Å². The van der Waals surface area contributed by atoms with Crippen LogP contribution in [0.5, 0.6) is 0 Å². The lowest BCUT2D eigenvalue weighted by molar-refractivity contribution is -0.124. The third-order valence-electron chi connectivity index (χ3n) is 2.54. The summed E-state index contributed by atoms with van der Waals surface area (Å²) in [5.74, 6) is -0.613. The van der Waals surface area contributed by atoms with Gasteiger partial charge >= 0.3 is 0 Å². The van der Waals surface area contributed by atoms with E-state index in [1.54, 1.807) is 6.07 Å². The Bertz CT molecular complexity index is 576. The lowest BCUT2D eigenvalue weighted by atomic mass is 10.2. The van der Waals surface area contributed by atoms with Crippen LogP contribution >= 0.6 is 27.7 Å². The maximum atomic E-state index is 13.3. The van der Waals surface area contributed by atoms with Gasteiger partial charge in [0.2, 0.25) is 0 Å². The first-order chi connectivity index (χ1) is 9.02. The molecular formula is C12H11BrFN3OS. The highest BCUT2D eigenvalue weighted by atomic mass is 79.9. The van der Waals surface area contributed by atoms with E-state index in [-0.39, 0.29) is 24.0 Å². The van der Waals surface area contributed by atoms with Gasteiger partial charge in [-0.05, 0) is 30.0 Å². The maximum absolute atomic E-state index is 13.3. The fourth-order valence-electron chi connectivity index (χ4n) is 1.60. The lowest BCUT2D eigenvalue weighted by Gasteiger charge is -2.27. The minimum atomic E-state index is -0.345. The number of hydrazone groups is 1. The Morgan fingerprint density at radius 1 is 1.58 bits per heavy atom. The Kier molecular flexibility index (Phi) is 4.26. The standard InChI is InChI=1S/C12H11BrFN3OS/c1-7-11(18)17(12(19-2)16-15-7)6-8-5-9(14)3-4-10(8)13/h3-5,15H,1,6H2,2H3. The molecule has 0 aliphatic carbocycles. The fraction of sp³-hybridized carbons (Fsp3) is 0.167. The average Bonchev–Trinajstić information content (AvgIpc) is 2.39. The van der Waals surface area contributed by atoms with Crippen molar-refractivity contribution >= 4 is 38.8 Å². The Morgan fingerprint density at radius 2 is 2.32 bits per heavy atom. The van der Waals surface area contributed by atoms with Crippen LogP contribution in [-0.4, -0.2) is 22.2 Å². The predicted molar refractivity (Wildman–Crippen MR) is 77.9 cm³/mol. The molecular weight excluding hydrogens is 333 g/mol. The molecule has 19 heavy (non-hydrogen) atoms. The molecule has 1 amide bonds. The predicted octanol–water partition coefficient (Wildman–Crippen LogP) is 2.67. The van der Waals surface area contributed by atoms with Crippen molar-refractivity contribution in [3.8, 4) is 0 Å². The van der Waals surface area contributed by atoms with Gasteiger partial charge in [-0.2, -0.15) is 0 Å². The van der Waals surface area contributed by atoms with Crippen LogP contribution in [0, 0.1) is 5.82 Å². The second-order valence-corrected chi connectivity index (χ2v) is 5.44.